The maximum atomic E-state index is 4.17. The lowest BCUT2D eigenvalue weighted by molar-refractivity contribution is 0.237. The molecule has 0 saturated heterocycles. The monoisotopic (exact) mass is 250 g/mol. The minimum absolute atomic E-state index is 0.669. The van der Waals surface area contributed by atoms with Crippen LogP contribution in [-0.4, -0.2) is 20.8 Å². The number of aryl methyl sites for hydroxylation is 1. The molecule has 0 atom stereocenters. The molecule has 0 spiro atoms. The molecule has 1 N–H and O–H groups in total. The van der Waals surface area contributed by atoms with Crippen molar-refractivity contribution in [3.05, 3.63) is 12.2 Å². The molecule has 1 heterocycles. The lowest BCUT2D eigenvalue weighted by Gasteiger charge is -2.31. The Morgan fingerprint density at radius 1 is 1.33 bits per heavy atom. The molecule has 1 aliphatic carbocycles. The summed E-state index contributed by atoms with van der Waals surface area (Å²) in [6.45, 7) is 8.62. The van der Waals surface area contributed by atoms with Crippen LogP contribution in [0.1, 0.15) is 52.3 Å². The molecule has 1 aliphatic rings. The van der Waals surface area contributed by atoms with Gasteiger partial charge in [-0.1, -0.05) is 13.8 Å². The lowest BCUT2D eigenvalue weighted by Crippen LogP contribution is -2.34. The van der Waals surface area contributed by atoms with E-state index < -0.39 is 0 Å². The Hall–Kier alpha value is -0.900. The van der Waals surface area contributed by atoms with E-state index in [-0.39, 0.29) is 0 Å². The van der Waals surface area contributed by atoms with Gasteiger partial charge in [-0.25, -0.2) is 0 Å². The fraction of sp³-hybridized carbons (Fsp3) is 0.857. The van der Waals surface area contributed by atoms with Gasteiger partial charge in [-0.3, -0.25) is 0 Å². The molecule has 2 rings (SSSR count). The molecule has 4 heteroatoms. The van der Waals surface area contributed by atoms with E-state index in [2.05, 4.69) is 40.9 Å². The summed E-state index contributed by atoms with van der Waals surface area (Å²) in [6.07, 6.45) is 7.17. The van der Waals surface area contributed by atoms with Crippen molar-refractivity contribution < 1.29 is 0 Å². The third-order valence-electron chi connectivity index (χ3n) is 4.30. The van der Waals surface area contributed by atoms with Crippen molar-refractivity contribution in [3.63, 3.8) is 0 Å². The summed E-state index contributed by atoms with van der Waals surface area (Å²) in [6, 6.07) is 0.669. The first-order valence-corrected chi connectivity index (χ1v) is 7.30. The minimum Gasteiger partial charge on any atom is -0.317 e. The van der Waals surface area contributed by atoms with Gasteiger partial charge in [-0.05, 0) is 44.4 Å². The van der Waals surface area contributed by atoms with E-state index in [9.17, 15) is 0 Å². The Kier molecular flexibility index (Phi) is 4.75. The van der Waals surface area contributed by atoms with Gasteiger partial charge in [0.1, 0.15) is 12.2 Å². The standard InChI is InChI=1S/C14H26N4/c1-4-18-10-16-17-14(18)9-15-13-7-5-12(6-8-13)11(2)3/h10-13,15H,4-9H2,1-3H3. The highest BCUT2D eigenvalue weighted by molar-refractivity contribution is 4.87. The van der Waals surface area contributed by atoms with Crippen molar-refractivity contribution in [2.75, 3.05) is 0 Å². The zero-order valence-corrected chi connectivity index (χ0v) is 11.9. The van der Waals surface area contributed by atoms with Crippen molar-refractivity contribution >= 4 is 0 Å². The molecule has 0 aromatic carbocycles. The number of hydrogen-bond donors (Lipinski definition) is 1. The molecule has 4 nitrogen and oxygen atoms in total. The van der Waals surface area contributed by atoms with Gasteiger partial charge in [-0.15, -0.1) is 10.2 Å². The number of nitrogens with zero attached hydrogens (tertiary/aromatic N) is 3. The van der Waals surface area contributed by atoms with E-state index in [1.54, 1.807) is 0 Å². The highest BCUT2D eigenvalue weighted by Crippen LogP contribution is 2.29. The molecule has 0 bridgehead atoms. The fourth-order valence-electron chi connectivity index (χ4n) is 2.91. The average Bonchev–Trinajstić information content (AvgIpc) is 2.84. The Morgan fingerprint density at radius 2 is 2.06 bits per heavy atom. The van der Waals surface area contributed by atoms with Crippen molar-refractivity contribution in [2.24, 2.45) is 11.8 Å². The van der Waals surface area contributed by atoms with E-state index in [1.807, 2.05) is 6.33 Å². The highest BCUT2D eigenvalue weighted by Gasteiger charge is 2.23. The van der Waals surface area contributed by atoms with Crippen LogP contribution in [0, 0.1) is 11.8 Å². The number of rotatable bonds is 5. The number of aromatic nitrogens is 3. The second kappa shape index (κ2) is 6.32. The molecule has 1 fully saturated rings. The first-order chi connectivity index (χ1) is 8.70. The Labute approximate surface area is 110 Å². The third-order valence-corrected chi connectivity index (χ3v) is 4.30. The molecule has 0 aliphatic heterocycles. The third kappa shape index (κ3) is 3.31. The SMILES string of the molecule is CCn1cnnc1CNC1CCC(C(C)C)CC1. The maximum absolute atomic E-state index is 4.17. The molecule has 102 valence electrons. The van der Waals surface area contributed by atoms with Crippen LogP contribution in [0.3, 0.4) is 0 Å². The normalized spacial score (nSPS) is 24.7. The largest absolute Gasteiger partial charge is 0.317 e. The Balaban J connectivity index is 1.75. The van der Waals surface area contributed by atoms with E-state index in [0.717, 1.165) is 30.7 Å². The van der Waals surface area contributed by atoms with Crippen LogP contribution >= 0.6 is 0 Å². The van der Waals surface area contributed by atoms with Crippen molar-refractivity contribution in [1.29, 1.82) is 0 Å². The van der Waals surface area contributed by atoms with Crippen LogP contribution in [0.5, 0.6) is 0 Å². The lowest BCUT2D eigenvalue weighted by atomic mass is 9.80. The first-order valence-electron chi connectivity index (χ1n) is 7.30. The Morgan fingerprint density at radius 3 is 2.67 bits per heavy atom. The van der Waals surface area contributed by atoms with E-state index in [0.29, 0.717) is 6.04 Å². The summed E-state index contributed by atoms with van der Waals surface area (Å²) in [7, 11) is 0. The van der Waals surface area contributed by atoms with E-state index in [1.165, 1.54) is 25.7 Å². The second-order valence-electron chi connectivity index (χ2n) is 5.77. The molecule has 0 radical (unpaired) electrons. The average molecular weight is 250 g/mol. The summed E-state index contributed by atoms with van der Waals surface area (Å²) in [5, 5.41) is 11.8. The highest BCUT2D eigenvalue weighted by atomic mass is 15.3. The molecule has 0 amide bonds. The van der Waals surface area contributed by atoms with Crippen LogP contribution < -0.4 is 5.32 Å². The summed E-state index contributed by atoms with van der Waals surface area (Å²) >= 11 is 0. The molecule has 1 saturated carbocycles. The van der Waals surface area contributed by atoms with Crippen LogP contribution in [-0.2, 0) is 13.1 Å². The summed E-state index contributed by atoms with van der Waals surface area (Å²) in [5.41, 5.74) is 0. The molecule has 1 aromatic rings. The predicted octanol–water partition coefficient (Wildman–Crippen LogP) is 2.60. The van der Waals surface area contributed by atoms with Crippen LogP contribution in [0.15, 0.2) is 6.33 Å². The smallest absolute Gasteiger partial charge is 0.146 e. The van der Waals surface area contributed by atoms with Gasteiger partial charge in [0.25, 0.3) is 0 Å². The van der Waals surface area contributed by atoms with Crippen molar-refractivity contribution in [3.8, 4) is 0 Å². The molecule has 0 unspecified atom stereocenters. The zero-order chi connectivity index (χ0) is 13.0. The van der Waals surface area contributed by atoms with E-state index in [4.69, 9.17) is 0 Å². The first kappa shape index (κ1) is 13.5. The van der Waals surface area contributed by atoms with Gasteiger partial charge in [0.2, 0.25) is 0 Å². The fourth-order valence-corrected chi connectivity index (χ4v) is 2.91. The Bertz CT molecular complexity index is 350. The maximum Gasteiger partial charge on any atom is 0.146 e. The van der Waals surface area contributed by atoms with Crippen molar-refractivity contribution in [1.82, 2.24) is 20.1 Å². The second-order valence-corrected chi connectivity index (χ2v) is 5.77. The van der Waals surface area contributed by atoms with Crippen molar-refractivity contribution in [2.45, 2.75) is 65.6 Å². The van der Waals surface area contributed by atoms with Gasteiger partial charge in [0.15, 0.2) is 0 Å². The molecule has 1 aromatic heterocycles. The summed E-state index contributed by atoms with van der Waals surface area (Å²) in [5.74, 6) is 2.83. The number of hydrogen-bond acceptors (Lipinski definition) is 3. The van der Waals surface area contributed by atoms with Gasteiger partial charge >= 0.3 is 0 Å². The van der Waals surface area contributed by atoms with Gasteiger partial charge < -0.3 is 9.88 Å². The summed E-state index contributed by atoms with van der Waals surface area (Å²) < 4.78 is 2.10. The van der Waals surface area contributed by atoms with Crippen LogP contribution in [0.2, 0.25) is 0 Å². The molecule has 18 heavy (non-hydrogen) atoms. The van der Waals surface area contributed by atoms with Gasteiger partial charge in [0, 0.05) is 12.6 Å². The van der Waals surface area contributed by atoms with Crippen LogP contribution in [0.25, 0.3) is 0 Å². The van der Waals surface area contributed by atoms with E-state index >= 15 is 0 Å². The van der Waals surface area contributed by atoms with Gasteiger partial charge in [-0.2, -0.15) is 0 Å². The molecular weight excluding hydrogens is 224 g/mol. The summed E-state index contributed by atoms with van der Waals surface area (Å²) in [4.78, 5) is 0. The quantitative estimate of drug-likeness (QED) is 0.873. The predicted molar refractivity (Wildman–Crippen MR) is 73.1 cm³/mol. The number of nitrogens with one attached hydrogen (secondary N) is 1. The molecular formula is C14H26N4. The minimum atomic E-state index is 0.669. The van der Waals surface area contributed by atoms with Crippen LogP contribution in [0.4, 0.5) is 0 Å². The zero-order valence-electron chi connectivity index (χ0n) is 11.9. The van der Waals surface area contributed by atoms with Gasteiger partial charge in [0.05, 0.1) is 6.54 Å². The topological polar surface area (TPSA) is 42.7 Å².